The van der Waals surface area contributed by atoms with E-state index in [1.54, 1.807) is 23.9 Å². The Kier molecular flexibility index (Phi) is 4.86. The molecule has 2 aromatic rings. The van der Waals surface area contributed by atoms with Gasteiger partial charge in [0, 0.05) is 16.0 Å². The van der Waals surface area contributed by atoms with E-state index in [2.05, 4.69) is 4.98 Å². The summed E-state index contributed by atoms with van der Waals surface area (Å²) >= 11 is 2.72. The highest BCUT2D eigenvalue weighted by molar-refractivity contribution is 8.00. The molecular weight excluding hydrogens is 480 g/mol. The highest BCUT2D eigenvalue weighted by atomic mass is 32.2. The van der Waals surface area contributed by atoms with Gasteiger partial charge in [-0.1, -0.05) is 17.4 Å². The number of carbonyl (C=O) groups is 3. The maximum atomic E-state index is 13.2. The zero-order valence-corrected chi connectivity index (χ0v) is 19.7. The van der Waals surface area contributed by atoms with E-state index >= 15 is 0 Å². The van der Waals surface area contributed by atoms with Crippen LogP contribution in [0.4, 0.5) is 0 Å². The number of ether oxygens (including phenoxy) is 1. The van der Waals surface area contributed by atoms with Crippen LogP contribution in [0, 0.1) is 29.6 Å². The van der Waals surface area contributed by atoms with E-state index in [1.807, 2.05) is 13.0 Å². The van der Waals surface area contributed by atoms with E-state index in [1.165, 1.54) is 0 Å². The molecule has 2 aliphatic heterocycles. The third-order valence-corrected chi connectivity index (χ3v) is 10.3. The molecule has 1 aromatic carbocycles. The zero-order valence-electron chi connectivity index (χ0n) is 18.1. The Balaban J connectivity index is 1.45. The lowest BCUT2D eigenvalue weighted by Gasteiger charge is -2.43. The zero-order chi connectivity index (χ0) is 23.9. The number of carbonyl (C=O) groups excluding carboxylic acids is 2. The van der Waals surface area contributed by atoms with Crippen LogP contribution in [0.3, 0.4) is 0 Å². The van der Waals surface area contributed by atoms with Crippen LogP contribution in [0.15, 0.2) is 28.0 Å². The van der Waals surface area contributed by atoms with Gasteiger partial charge in [-0.25, -0.2) is 0 Å². The van der Waals surface area contributed by atoms with Gasteiger partial charge in [-0.2, -0.15) is 0 Å². The highest BCUT2D eigenvalue weighted by Gasteiger charge is 2.69. The minimum atomic E-state index is -1.20. The van der Waals surface area contributed by atoms with Crippen molar-refractivity contribution in [2.45, 2.75) is 29.5 Å². The van der Waals surface area contributed by atoms with Gasteiger partial charge in [0.1, 0.15) is 6.54 Å². The molecule has 2 amide bonds. The molecule has 0 unspecified atom stereocenters. The topological polar surface area (TPSA) is 137 Å². The number of aromatic amines is 1. The fraction of sp³-hybridized carbons (Fsp3) is 0.478. The number of nitrogens with one attached hydrogen (secondary N) is 1. The molecule has 9 nitrogen and oxygen atoms in total. The van der Waals surface area contributed by atoms with Crippen LogP contribution in [0.2, 0.25) is 0 Å². The first kappa shape index (κ1) is 21.7. The lowest BCUT2D eigenvalue weighted by molar-refractivity contribution is -0.149. The lowest BCUT2D eigenvalue weighted by atomic mass is 9.68. The fourth-order valence-corrected chi connectivity index (χ4v) is 9.63. The van der Waals surface area contributed by atoms with E-state index in [9.17, 15) is 29.4 Å². The van der Waals surface area contributed by atoms with E-state index < -0.39 is 24.3 Å². The molecule has 3 fully saturated rings. The number of aromatic nitrogens is 1. The number of likely N-dealkylation sites (tertiary alicyclic amines) is 1. The predicted octanol–water partition coefficient (Wildman–Crippen LogP) is 2.10. The molecule has 2 aliphatic carbocycles. The molecule has 0 spiro atoms. The van der Waals surface area contributed by atoms with Gasteiger partial charge in [0.15, 0.2) is 11.5 Å². The number of rotatable bonds is 5. The van der Waals surface area contributed by atoms with Crippen molar-refractivity contribution in [3.05, 3.63) is 38.3 Å². The summed E-state index contributed by atoms with van der Waals surface area (Å²) in [5, 5.41) is 20.2. The van der Waals surface area contributed by atoms with E-state index in [0.29, 0.717) is 12.4 Å². The normalized spacial score (nSPS) is 33.1. The van der Waals surface area contributed by atoms with Crippen molar-refractivity contribution in [2.75, 3.05) is 13.2 Å². The number of benzene rings is 1. The standard InChI is InChI=1S/C23H22N2O7S2/c1-2-32-12-5-8(3-4-11(12)26)14-15-9-6-10(18(15)33-20-19(14)34-23(31)24-20)17-16(9)21(29)25(22(17)30)7-13(27)28/h3-5,9-10,14-18,26H,2,6-7H2,1H3,(H,24,31)(H,27,28)/t9-,10+,14+,15+,16+,17+,18-/m0/s1. The van der Waals surface area contributed by atoms with E-state index in [4.69, 9.17) is 4.74 Å². The Morgan fingerprint density at radius 3 is 2.65 bits per heavy atom. The molecular formula is C23H22N2O7S2. The van der Waals surface area contributed by atoms with Gasteiger partial charge >= 0.3 is 10.8 Å². The van der Waals surface area contributed by atoms with Gasteiger partial charge in [-0.05, 0) is 48.8 Å². The molecule has 3 heterocycles. The summed E-state index contributed by atoms with van der Waals surface area (Å²) in [4.78, 5) is 54.5. The van der Waals surface area contributed by atoms with Gasteiger partial charge in [-0.3, -0.25) is 24.1 Å². The first-order valence-corrected chi connectivity index (χ1v) is 12.9. The number of fused-ring (bicyclic) bond motifs is 9. The summed E-state index contributed by atoms with van der Waals surface area (Å²) in [5.41, 5.74) is 0.885. The number of nitrogens with zero attached hydrogens (tertiary/aromatic N) is 1. The van der Waals surface area contributed by atoms with Gasteiger partial charge in [0.05, 0.1) is 23.5 Å². The van der Waals surface area contributed by atoms with Crippen LogP contribution in [0.25, 0.3) is 0 Å². The Bertz CT molecular complexity index is 1290. The summed E-state index contributed by atoms with van der Waals surface area (Å²) in [6, 6.07) is 5.21. The van der Waals surface area contributed by atoms with Crippen LogP contribution < -0.4 is 9.61 Å². The average Bonchev–Trinajstić information content (AvgIpc) is 3.51. The van der Waals surface area contributed by atoms with Crippen LogP contribution in [0.1, 0.15) is 29.7 Å². The molecule has 1 aromatic heterocycles. The third-order valence-electron chi connectivity index (χ3n) is 7.75. The number of hydrogen-bond donors (Lipinski definition) is 3. The van der Waals surface area contributed by atoms with Crippen LogP contribution in [-0.4, -0.2) is 56.3 Å². The average molecular weight is 503 g/mol. The summed E-state index contributed by atoms with van der Waals surface area (Å²) < 4.78 is 5.60. The Hall–Kier alpha value is -2.79. The summed E-state index contributed by atoms with van der Waals surface area (Å²) in [7, 11) is 0. The first-order chi connectivity index (χ1) is 16.3. The Labute approximate surface area is 202 Å². The number of thiazole rings is 1. The van der Waals surface area contributed by atoms with Crippen molar-refractivity contribution < 1.29 is 29.3 Å². The molecule has 178 valence electrons. The molecule has 2 bridgehead atoms. The maximum absolute atomic E-state index is 13.2. The number of hydrogen-bond acceptors (Lipinski definition) is 8. The van der Waals surface area contributed by atoms with Crippen molar-refractivity contribution in [3.63, 3.8) is 0 Å². The van der Waals surface area contributed by atoms with Gasteiger partial charge in [-0.15, -0.1) is 11.8 Å². The second-order valence-electron chi connectivity index (χ2n) is 9.28. The number of phenols is 1. The van der Waals surface area contributed by atoms with E-state index in [-0.39, 0.29) is 51.4 Å². The lowest BCUT2D eigenvalue weighted by Crippen LogP contribution is -2.42. The number of amides is 2. The van der Waals surface area contributed by atoms with Crippen molar-refractivity contribution in [1.29, 1.82) is 0 Å². The number of thioether (sulfide) groups is 1. The van der Waals surface area contributed by atoms with Gasteiger partial charge < -0.3 is 19.9 Å². The van der Waals surface area contributed by atoms with Crippen molar-refractivity contribution in [3.8, 4) is 11.5 Å². The second-order valence-corrected chi connectivity index (χ2v) is 11.5. The fourth-order valence-electron chi connectivity index (χ4n) is 6.74. The smallest absolute Gasteiger partial charge is 0.323 e. The molecule has 11 heteroatoms. The van der Waals surface area contributed by atoms with Crippen LogP contribution >= 0.6 is 23.1 Å². The highest BCUT2D eigenvalue weighted by Crippen LogP contribution is 2.68. The molecule has 34 heavy (non-hydrogen) atoms. The minimum absolute atomic E-state index is 0.00394. The number of H-pyrrole nitrogens is 1. The summed E-state index contributed by atoms with van der Waals surface area (Å²) in [6.07, 6.45) is 0.724. The molecule has 1 saturated heterocycles. The number of aliphatic carboxylic acids is 1. The van der Waals surface area contributed by atoms with Gasteiger partial charge in [0.25, 0.3) is 0 Å². The van der Waals surface area contributed by atoms with E-state index in [0.717, 1.165) is 38.1 Å². The monoisotopic (exact) mass is 502 g/mol. The molecule has 0 radical (unpaired) electrons. The molecule has 7 atom stereocenters. The molecule has 4 aliphatic rings. The minimum Gasteiger partial charge on any atom is -0.504 e. The SMILES string of the molecule is CCOc1cc([C@H]2c3sc(=O)[nH]c3S[C@H]3[C@@H]4C[C@H]([C@H]5C(=O)N(CC(=O)O)C(=O)[C@H]45)[C@H]23)ccc1O. The van der Waals surface area contributed by atoms with Crippen molar-refractivity contribution >= 4 is 40.9 Å². The maximum Gasteiger partial charge on any atom is 0.323 e. The molecule has 2 saturated carbocycles. The Morgan fingerprint density at radius 1 is 1.21 bits per heavy atom. The van der Waals surface area contributed by atoms with Crippen LogP contribution in [-0.2, 0) is 14.4 Å². The number of imide groups is 1. The quantitative estimate of drug-likeness (QED) is 0.529. The summed E-state index contributed by atoms with van der Waals surface area (Å²) in [6.45, 7) is 1.61. The number of carboxylic acid groups (broad SMARTS) is 1. The molecule has 3 N–H and O–H groups in total. The number of carboxylic acids is 1. The first-order valence-electron chi connectivity index (χ1n) is 11.2. The van der Waals surface area contributed by atoms with Crippen molar-refractivity contribution in [1.82, 2.24) is 9.88 Å². The largest absolute Gasteiger partial charge is 0.504 e. The number of phenolic OH excluding ortho intramolecular Hbond substituents is 1. The third kappa shape index (κ3) is 2.92. The Morgan fingerprint density at radius 2 is 1.94 bits per heavy atom. The second kappa shape index (κ2) is 7.61. The summed E-state index contributed by atoms with van der Waals surface area (Å²) in [5.74, 6) is -2.97. The number of aromatic hydroxyl groups is 1. The van der Waals surface area contributed by atoms with Gasteiger partial charge in [0.2, 0.25) is 11.8 Å². The molecule has 6 rings (SSSR count). The van der Waals surface area contributed by atoms with Crippen LogP contribution in [0.5, 0.6) is 11.5 Å². The van der Waals surface area contributed by atoms with Crippen molar-refractivity contribution in [2.24, 2.45) is 29.6 Å². The predicted molar refractivity (Wildman–Crippen MR) is 122 cm³/mol.